The summed E-state index contributed by atoms with van der Waals surface area (Å²) in [5, 5.41) is 10.6. The molecule has 17 heavy (non-hydrogen) atoms. The molecule has 0 radical (unpaired) electrons. The average molecular weight is 299 g/mol. The Morgan fingerprint density at radius 1 is 1.53 bits per heavy atom. The van der Waals surface area contributed by atoms with Crippen LogP contribution in [0.25, 0.3) is 5.69 Å². The van der Waals surface area contributed by atoms with E-state index in [2.05, 4.69) is 6.07 Å². The fourth-order valence-electron chi connectivity index (χ4n) is 1.45. The van der Waals surface area contributed by atoms with Gasteiger partial charge in [0.15, 0.2) is 3.95 Å². The summed E-state index contributed by atoms with van der Waals surface area (Å²) in [6.45, 7) is 0. The predicted octanol–water partition coefficient (Wildman–Crippen LogP) is 4.52. The number of hydrogen-bond acceptors (Lipinski definition) is 4. The number of thiazole rings is 1. The SMILES string of the molecule is CSc1c(C#N)sc(=S)n1-c1cccc(Cl)c1. The Bertz CT molecular complexity index is 651. The van der Waals surface area contributed by atoms with Crippen molar-refractivity contribution in [3.63, 3.8) is 0 Å². The predicted molar refractivity (Wildman–Crippen MR) is 76.0 cm³/mol. The van der Waals surface area contributed by atoms with E-state index in [4.69, 9.17) is 29.1 Å². The molecule has 0 saturated carbocycles. The zero-order valence-electron chi connectivity index (χ0n) is 8.81. The van der Waals surface area contributed by atoms with Gasteiger partial charge >= 0.3 is 0 Å². The lowest BCUT2D eigenvalue weighted by Crippen LogP contribution is -1.95. The minimum Gasteiger partial charge on any atom is -0.285 e. The van der Waals surface area contributed by atoms with E-state index in [1.54, 1.807) is 0 Å². The molecule has 0 spiro atoms. The Morgan fingerprint density at radius 2 is 2.29 bits per heavy atom. The maximum absolute atomic E-state index is 9.05. The molecule has 0 atom stereocenters. The molecule has 0 aliphatic rings. The van der Waals surface area contributed by atoms with Crippen LogP contribution < -0.4 is 0 Å². The highest BCUT2D eigenvalue weighted by Gasteiger charge is 2.13. The summed E-state index contributed by atoms with van der Waals surface area (Å²) in [7, 11) is 0. The van der Waals surface area contributed by atoms with Crippen molar-refractivity contribution in [3.8, 4) is 11.8 Å². The maximum Gasteiger partial charge on any atom is 0.167 e. The molecular weight excluding hydrogens is 292 g/mol. The molecule has 86 valence electrons. The van der Waals surface area contributed by atoms with Gasteiger partial charge in [-0.15, -0.1) is 11.8 Å². The van der Waals surface area contributed by atoms with E-state index in [9.17, 15) is 0 Å². The Balaban J connectivity index is 2.72. The summed E-state index contributed by atoms with van der Waals surface area (Å²) in [4.78, 5) is 0.641. The van der Waals surface area contributed by atoms with Gasteiger partial charge in [-0.1, -0.05) is 29.0 Å². The highest BCUT2D eigenvalue weighted by molar-refractivity contribution is 7.98. The third-order valence-corrected chi connectivity index (χ3v) is 4.55. The Labute approximate surface area is 117 Å². The molecule has 2 aromatic rings. The lowest BCUT2D eigenvalue weighted by atomic mass is 10.3. The van der Waals surface area contributed by atoms with Crippen LogP contribution in [-0.2, 0) is 0 Å². The van der Waals surface area contributed by atoms with Crippen LogP contribution in [0.3, 0.4) is 0 Å². The number of nitrogens with zero attached hydrogens (tertiary/aromatic N) is 2. The van der Waals surface area contributed by atoms with Gasteiger partial charge in [-0.05, 0) is 36.7 Å². The molecule has 0 N–H and O–H groups in total. The maximum atomic E-state index is 9.05. The van der Waals surface area contributed by atoms with Gasteiger partial charge < -0.3 is 0 Å². The first-order valence-corrected chi connectivity index (χ1v) is 7.46. The van der Waals surface area contributed by atoms with E-state index in [0.29, 0.717) is 13.9 Å². The number of benzene rings is 1. The first kappa shape index (κ1) is 12.7. The minimum absolute atomic E-state index is 0.641. The minimum atomic E-state index is 0.641. The third-order valence-electron chi connectivity index (χ3n) is 2.13. The van der Waals surface area contributed by atoms with Gasteiger partial charge in [-0.2, -0.15) is 5.26 Å². The van der Waals surface area contributed by atoms with Crippen LogP contribution in [0.4, 0.5) is 0 Å². The van der Waals surface area contributed by atoms with Crippen LogP contribution in [0.1, 0.15) is 4.88 Å². The molecule has 1 heterocycles. The second kappa shape index (κ2) is 5.23. The summed E-state index contributed by atoms with van der Waals surface area (Å²) >= 11 is 14.1. The highest BCUT2D eigenvalue weighted by Crippen LogP contribution is 2.30. The van der Waals surface area contributed by atoms with Gasteiger partial charge in [0.25, 0.3) is 0 Å². The van der Waals surface area contributed by atoms with Crippen LogP contribution in [-0.4, -0.2) is 10.8 Å². The molecule has 0 aliphatic carbocycles. The molecule has 0 bridgehead atoms. The zero-order valence-corrected chi connectivity index (χ0v) is 12.0. The molecule has 1 aromatic heterocycles. The molecule has 0 amide bonds. The lowest BCUT2D eigenvalue weighted by molar-refractivity contribution is 0.941. The molecule has 2 nitrogen and oxygen atoms in total. The topological polar surface area (TPSA) is 28.7 Å². The lowest BCUT2D eigenvalue weighted by Gasteiger charge is -2.06. The van der Waals surface area contributed by atoms with E-state index in [1.165, 1.54) is 23.1 Å². The summed E-state index contributed by atoms with van der Waals surface area (Å²) in [6.07, 6.45) is 1.93. The number of rotatable bonds is 2. The molecule has 0 saturated heterocycles. The number of hydrogen-bond donors (Lipinski definition) is 0. The van der Waals surface area contributed by atoms with Gasteiger partial charge in [-0.3, -0.25) is 4.57 Å². The Hall–Kier alpha value is -0.800. The summed E-state index contributed by atoms with van der Waals surface area (Å²) in [6, 6.07) is 9.61. The van der Waals surface area contributed by atoms with Crippen molar-refractivity contribution in [3.05, 3.63) is 38.1 Å². The first-order chi connectivity index (χ1) is 8.17. The first-order valence-electron chi connectivity index (χ1n) is 4.63. The number of halogens is 1. The summed E-state index contributed by atoms with van der Waals surface area (Å²) in [5.74, 6) is 0. The van der Waals surface area contributed by atoms with Gasteiger partial charge in [0.2, 0.25) is 0 Å². The van der Waals surface area contributed by atoms with Crippen LogP contribution >= 0.6 is 46.9 Å². The smallest absolute Gasteiger partial charge is 0.167 e. The average Bonchev–Trinajstić information content (AvgIpc) is 2.65. The summed E-state index contributed by atoms with van der Waals surface area (Å²) < 4.78 is 2.54. The molecular formula is C11H7ClN2S3. The van der Waals surface area contributed by atoms with Gasteiger partial charge in [0.1, 0.15) is 16.0 Å². The van der Waals surface area contributed by atoms with Crippen molar-refractivity contribution in [1.82, 2.24) is 4.57 Å². The normalized spacial score (nSPS) is 10.2. The molecule has 0 fully saturated rings. The van der Waals surface area contributed by atoms with Gasteiger partial charge in [-0.25, -0.2) is 0 Å². The van der Waals surface area contributed by atoms with Crippen molar-refractivity contribution < 1.29 is 0 Å². The van der Waals surface area contributed by atoms with Crippen molar-refractivity contribution in [2.75, 3.05) is 6.26 Å². The van der Waals surface area contributed by atoms with E-state index in [0.717, 1.165) is 10.7 Å². The molecule has 2 rings (SSSR count). The van der Waals surface area contributed by atoms with E-state index in [1.807, 2.05) is 35.1 Å². The number of thioether (sulfide) groups is 1. The van der Waals surface area contributed by atoms with Crippen LogP contribution in [0.5, 0.6) is 0 Å². The summed E-state index contributed by atoms with van der Waals surface area (Å²) in [5.41, 5.74) is 0.893. The fourth-order valence-corrected chi connectivity index (χ4v) is 3.87. The third kappa shape index (κ3) is 2.40. The van der Waals surface area contributed by atoms with E-state index in [-0.39, 0.29) is 0 Å². The van der Waals surface area contributed by atoms with Crippen molar-refractivity contribution in [2.24, 2.45) is 0 Å². The largest absolute Gasteiger partial charge is 0.285 e. The van der Waals surface area contributed by atoms with Crippen LogP contribution in [0.2, 0.25) is 5.02 Å². The monoisotopic (exact) mass is 298 g/mol. The van der Waals surface area contributed by atoms with E-state index >= 15 is 0 Å². The standard InChI is InChI=1S/C11H7ClN2S3/c1-16-10-9(6-13)17-11(15)14(10)8-4-2-3-7(12)5-8/h2-5H,1H3. The van der Waals surface area contributed by atoms with Crippen LogP contribution in [0.15, 0.2) is 29.3 Å². The molecule has 0 unspecified atom stereocenters. The quantitative estimate of drug-likeness (QED) is 0.603. The number of aromatic nitrogens is 1. The second-order valence-corrected chi connectivity index (χ2v) is 6.01. The Morgan fingerprint density at radius 3 is 2.88 bits per heavy atom. The van der Waals surface area contributed by atoms with Crippen molar-refractivity contribution >= 4 is 46.9 Å². The zero-order chi connectivity index (χ0) is 12.4. The Kier molecular flexibility index (Phi) is 3.89. The fraction of sp³-hybridized carbons (Fsp3) is 0.0909. The molecule has 6 heteroatoms. The second-order valence-electron chi connectivity index (χ2n) is 3.13. The van der Waals surface area contributed by atoms with E-state index < -0.39 is 0 Å². The molecule has 1 aromatic carbocycles. The number of nitriles is 1. The highest BCUT2D eigenvalue weighted by atomic mass is 35.5. The van der Waals surface area contributed by atoms with Crippen molar-refractivity contribution in [1.29, 1.82) is 5.26 Å². The van der Waals surface area contributed by atoms with Crippen molar-refractivity contribution in [2.45, 2.75) is 5.03 Å². The van der Waals surface area contributed by atoms with Gasteiger partial charge in [0.05, 0.1) is 0 Å². The van der Waals surface area contributed by atoms with Gasteiger partial charge in [0, 0.05) is 10.7 Å². The van der Waals surface area contributed by atoms with Crippen LogP contribution in [0, 0.1) is 15.3 Å². The molecule has 0 aliphatic heterocycles.